The van der Waals surface area contributed by atoms with Crippen LogP contribution in [0.15, 0.2) is 0 Å². The van der Waals surface area contributed by atoms with Gasteiger partial charge in [-0.25, -0.2) is 0 Å². The summed E-state index contributed by atoms with van der Waals surface area (Å²) in [4.78, 5) is 14.0. The highest BCUT2D eigenvalue weighted by molar-refractivity contribution is 5.60. The van der Waals surface area contributed by atoms with E-state index in [4.69, 9.17) is 0 Å². The molecule has 98 valence electrons. The van der Waals surface area contributed by atoms with Crippen LogP contribution in [-0.4, -0.2) is 30.8 Å². The number of carbonyl (C=O) groups is 1. The zero-order valence-corrected chi connectivity index (χ0v) is 11.6. The minimum Gasteiger partial charge on any atom is -0.303 e. The van der Waals surface area contributed by atoms with E-state index in [1.807, 2.05) is 0 Å². The minimum absolute atomic E-state index is 0.0461. The highest BCUT2D eigenvalue weighted by Crippen LogP contribution is 2.40. The van der Waals surface area contributed by atoms with Crippen molar-refractivity contribution in [2.75, 3.05) is 13.6 Å². The first-order valence-electron chi connectivity index (χ1n) is 7.23. The summed E-state index contributed by atoms with van der Waals surface area (Å²) in [6.45, 7) is 5.59. The van der Waals surface area contributed by atoms with E-state index in [-0.39, 0.29) is 5.41 Å². The smallest absolute Gasteiger partial charge is 0.127 e. The van der Waals surface area contributed by atoms with E-state index < -0.39 is 0 Å². The van der Waals surface area contributed by atoms with E-state index in [0.717, 1.165) is 31.2 Å². The van der Waals surface area contributed by atoms with Crippen LogP contribution in [-0.2, 0) is 4.79 Å². The van der Waals surface area contributed by atoms with Crippen molar-refractivity contribution in [1.82, 2.24) is 4.90 Å². The van der Waals surface area contributed by atoms with Crippen molar-refractivity contribution in [1.29, 1.82) is 0 Å². The molecule has 2 fully saturated rings. The van der Waals surface area contributed by atoms with Gasteiger partial charge in [-0.2, -0.15) is 0 Å². The molecule has 0 aromatic rings. The first-order valence-corrected chi connectivity index (χ1v) is 7.23. The molecule has 0 aromatic carbocycles. The van der Waals surface area contributed by atoms with Gasteiger partial charge in [-0.05, 0) is 51.5 Å². The molecule has 0 spiro atoms. The van der Waals surface area contributed by atoms with Crippen molar-refractivity contribution in [3.63, 3.8) is 0 Å². The van der Waals surface area contributed by atoms with Crippen molar-refractivity contribution in [3.8, 4) is 0 Å². The van der Waals surface area contributed by atoms with Gasteiger partial charge in [0.25, 0.3) is 0 Å². The van der Waals surface area contributed by atoms with Gasteiger partial charge in [0, 0.05) is 18.0 Å². The number of rotatable bonds is 5. The zero-order valence-electron chi connectivity index (χ0n) is 11.6. The molecular weight excluding hydrogens is 210 g/mol. The number of hydrogen-bond acceptors (Lipinski definition) is 2. The zero-order chi connectivity index (χ0) is 12.5. The summed E-state index contributed by atoms with van der Waals surface area (Å²) in [5.41, 5.74) is -0.0461. The maximum Gasteiger partial charge on any atom is 0.127 e. The summed E-state index contributed by atoms with van der Waals surface area (Å²) >= 11 is 0. The molecule has 0 aromatic heterocycles. The van der Waals surface area contributed by atoms with Crippen molar-refractivity contribution < 1.29 is 4.79 Å². The Labute approximate surface area is 106 Å². The van der Waals surface area contributed by atoms with E-state index in [2.05, 4.69) is 25.8 Å². The van der Waals surface area contributed by atoms with E-state index in [1.165, 1.54) is 32.0 Å². The van der Waals surface area contributed by atoms with Crippen molar-refractivity contribution in [3.05, 3.63) is 0 Å². The van der Waals surface area contributed by atoms with Crippen LogP contribution < -0.4 is 0 Å². The average molecular weight is 237 g/mol. The second-order valence-electron chi connectivity index (χ2n) is 6.67. The van der Waals surface area contributed by atoms with E-state index in [1.54, 1.807) is 0 Å². The molecule has 0 heterocycles. The van der Waals surface area contributed by atoms with Gasteiger partial charge in [-0.3, -0.25) is 0 Å². The summed E-state index contributed by atoms with van der Waals surface area (Å²) in [7, 11) is 2.20. The van der Waals surface area contributed by atoms with Gasteiger partial charge in [-0.1, -0.05) is 19.8 Å². The third-order valence-electron chi connectivity index (χ3n) is 4.94. The third kappa shape index (κ3) is 3.09. The van der Waals surface area contributed by atoms with Gasteiger partial charge < -0.3 is 9.69 Å². The van der Waals surface area contributed by atoms with Crippen LogP contribution >= 0.6 is 0 Å². The Bertz CT molecular complexity index is 274. The Hall–Kier alpha value is -0.370. The monoisotopic (exact) mass is 237 g/mol. The Morgan fingerprint density at radius 1 is 1.41 bits per heavy atom. The van der Waals surface area contributed by atoms with Gasteiger partial charge >= 0.3 is 0 Å². The lowest BCUT2D eigenvalue weighted by Crippen LogP contribution is -2.44. The number of nitrogens with zero attached hydrogens (tertiary/aromatic N) is 1. The largest absolute Gasteiger partial charge is 0.303 e. The van der Waals surface area contributed by atoms with E-state index in [0.29, 0.717) is 6.04 Å². The third-order valence-corrected chi connectivity index (χ3v) is 4.94. The van der Waals surface area contributed by atoms with E-state index in [9.17, 15) is 4.79 Å². The molecule has 0 N–H and O–H groups in total. The fourth-order valence-electron chi connectivity index (χ4n) is 3.57. The standard InChI is InChI=1S/C15H27NO/c1-12-5-4-8-15(9-12,11-17)10-16(3)13(2)14-6-7-14/h11-14H,4-10H2,1-3H3. The van der Waals surface area contributed by atoms with Crippen LogP contribution in [0.25, 0.3) is 0 Å². The van der Waals surface area contributed by atoms with Gasteiger partial charge in [0.1, 0.15) is 6.29 Å². The molecule has 2 heteroatoms. The van der Waals surface area contributed by atoms with E-state index >= 15 is 0 Å². The van der Waals surface area contributed by atoms with Crippen LogP contribution in [0.4, 0.5) is 0 Å². The molecule has 2 aliphatic rings. The summed E-state index contributed by atoms with van der Waals surface area (Å²) in [6.07, 6.45) is 8.76. The molecule has 2 aliphatic carbocycles. The Morgan fingerprint density at radius 2 is 2.12 bits per heavy atom. The number of aldehydes is 1. The van der Waals surface area contributed by atoms with Crippen LogP contribution in [0, 0.1) is 17.3 Å². The quantitative estimate of drug-likeness (QED) is 0.685. The predicted molar refractivity (Wildman–Crippen MR) is 70.9 cm³/mol. The molecule has 0 saturated heterocycles. The molecule has 0 aliphatic heterocycles. The molecule has 3 atom stereocenters. The highest BCUT2D eigenvalue weighted by atomic mass is 16.1. The summed E-state index contributed by atoms with van der Waals surface area (Å²) in [5.74, 6) is 1.61. The molecular formula is C15H27NO. The molecule has 0 bridgehead atoms. The Kier molecular flexibility index (Phi) is 3.92. The molecule has 17 heavy (non-hydrogen) atoms. The lowest BCUT2D eigenvalue weighted by atomic mass is 9.70. The topological polar surface area (TPSA) is 20.3 Å². The fraction of sp³-hybridized carbons (Fsp3) is 0.933. The molecule has 2 nitrogen and oxygen atoms in total. The predicted octanol–water partition coefficient (Wildman–Crippen LogP) is 3.11. The normalized spacial score (nSPS) is 35.9. The minimum atomic E-state index is -0.0461. The van der Waals surface area contributed by atoms with Crippen LogP contribution in [0.3, 0.4) is 0 Å². The second-order valence-corrected chi connectivity index (χ2v) is 6.67. The molecule has 3 unspecified atom stereocenters. The average Bonchev–Trinajstić information content (AvgIpc) is 3.12. The second kappa shape index (κ2) is 5.09. The maximum absolute atomic E-state index is 11.5. The van der Waals surface area contributed by atoms with Crippen molar-refractivity contribution in [2.45, 2.75) is 58.4 Å². The van der Waals surface area contributed by atoms with Crippen LogP contribution in [0.5, 0.6) is 0 Å². The van der Waals surface area contributed by atoms with Crippen LogP contribution in [0.1, 0.15) is 52.4 Å². The summed E-state index contributed by atoms with van der Waals surface area (Å²) < 4.78 is 0. The summed E-state index contributed by atoms with van der Waals surface area (Å²) in [5, 5.41) is 0. The van der Waals surface area contributed by atoms with Crippen LogP contribution in [0.2, 0.25) is 0 Å². The number of hydrogen-bond donors (Lipinski definition) is 0. The molecule has 0 radical (unpaired) electrons. The van der Waals surface area contributed by atoms with Crippen molar-refractivity contribution in [2.24, 2.45) is 17.3 Å². The van der Waals surface area contributed by atoms with Gasteiger partial charge in [-0.15, -0.1) is 0 Å². The Morgan fingerprint density at radius 3 is 2.65 bits per heavy atom. The highest BCUT2D eigenvalue weighted by Gasteiger charge is 2.38. The molecule has 0 amide bonds. The number of carbonyl (C=O) groups excluding carboxylic acids is 1. The van der Waals surface area contributed by atoms with Gasteiger partial charge in [0.15, 0.2) is 0 Å². The molecule has 2 saturated carbocycles. The van der Waals surface area contributed by atoms with Crippen molar-refractivity contribution >= 4 is 6.29 Å². The molecule has 2 rings (SSSR count). The lowest BCUT2D eigenvalue weighted by molar-refractivity contribution is -0.120. The van der Waals surface area contributed by atoms with Gasteiger partial charge in [0.2, 0.25) is 0 Å². The first-order chi connectivity index (χ1) is 8.06. The maximum atomic E-state index is 11.5. The Balaban J connectivity index is 1.95. The lowest BCUT2D eigenvalue weighted by Gasteiger charge is -2.40. The first kappa shape index (κ1) is 13.1. The van der Waals surface area contributed by atoms with Gasteiger partial charge in [0.05, 0.1) is 0 Å². The SMILES string of the molecule is CC1CCCC(C=O)(CN(C)C(C)C2CC2)C1. The fourth-order valence-corrected chi connectivity index (χ4v) is 3.57. The summed E-state index contributed by atoms with van der Waals surface area (Å²) in [6, 6.07) is 0.657.